The molecule has 1 fully saturated rings. The first-order valence-electron chi connectivity index (χ1n) is 13.9. The van der Waals surface area contributed by atoms with Crippen LogP contribution in [0.1, 0.15) is 82.4 Å². The summed E-state index contributed by atoms with van der Waals surface area (Å²) in [6.45, 7) is 2.31. The van der Waals surface area contributed by atoms with Crippen LogP contribution < -0.4 is 4.74 Å². The highest BCUT2D eigenvalue weighted by Gasteiger charge is 2.47. The summed E-state index contributed by atoms with van der Waals surface area (Å²) in [5.41, 5.74) is 3.31. The van der Waals surface area contributed by atoms with E-state index in [-0.39, 0.29) is 32.7 Å². The fourth-order valence-electron chi connectivity index (χ4n) is 6.25. The van der Waals surface area contributed by atoms with E-state index in [0.29, 0.717) is 11.8 Å². The van der Waals surface area contributed by atoms with Gasteiger partial charge in [0.1, 0.15) is 18.5 Å². The van der Waals surface area contributed by atoms with Crippen molar-refractivity contribution in [3.8, 4) is 5.75 Å². The summed E-state index contributed by atoms with van der Waals surface area (Å²) in [6, 6.07) is 15.6. The Bertz CT molecular complexity index is 1020. The van der Waals surface area contributed by atoms with Crippen molar-refractivity contribution in [1.82, 2.24) is 0 Å². The zero-order valence-electron chi connectivity index (χ0n) is 21.9. The van der Waals surface area contributed by atoms with Crippen LogP contribution in [0.15, 0.2) is 48.5 Å². The van der Waals surface area contributed by atoms with E-state index >= 15 is 0 Å². The zero-order chi connectivity index (χ0) is 26.0. The third-order valence-electron chi connectivity index (χ3n) is 8.05. The number of esters is 1. The third-order valence-corrected chi connectivity index (χ3v) is 8.05. The first-order chi connectivity index (χ1) is 18.0. The molecular weight excluding hydrogens is 480 g/mol. The summed E-state index contributed by atoms with van der Waals surface area (Å²) in [5, 5.41) is 9.36. The maximum Gasteiger partial charge on any atom is 0.506 e. The molecule has 208 valence electrons. The van der Waals surface area contributed by atoms with Gasteiger partial charge in [-0.25, -0.2) is 9.59 Å². The average molecular weight is 525 g/mol. The Kier molecular flexibility index (Phi) is 11.5. The molecule has 1 saturated carbocycles. The molecule has 4 rings (SSSR count). The van der Waals surface area contributed by atoms with Crippen LogP contribution in [0.5, 0.6) is 5.75 Å². The Balaban J connectivity index is 0.00000400. The van der Waals surface area contributed by atoms with Crippen LogP contribution in [0.4, 0.5) is 4.79 Å². The van der Waals surface area contributed by atoms with Crippen molar-refractivity contribution < 1.29 is 28.9 Å². The van der Waals surface area contributed by atoms with Crippen LogP contribution in [0, 0.1) is 17.8 Å². The Morgan fingerprint density at radius 3 is 2.47 bits per heavy atom. The van der Waals surface area contributed by atoms with E-state index in [1.54, 1.807) is 0 Å². The molecule has 0 radical (unpaired) electrons. The van der Waals surface area contributed by atoms with Crippen molar-refractivity contribution in [2.24, 2.45) is 17.8 Å². The smallest absolute Gasteiger partial charge is 0.482 e. The molecule has 0 heterocycles. The van der Waals surface area contributed by atoms with Crippen LogP contribution in [0.2, 0.25) is 0 Å². The Morgan fingerprint density at radius 2 is 1.71 bits per heavy atom. The van der Waals surface area contributed by atoms with Crippen molar-refractivity contribution in [3.05, 3.63) is 65.2 Å². The minimum absolute atomic E-state index is 0. The second-order valence-corrected chi connectivity index (χ2v) is 10.5. The van der Waals surface area contributed by atoms with Gasteiger partial charge in [0.05, 0.1) is 0 Å². The number of ether oxygens (including phenoxy) is 3. The summed E-state index contributed by atoms with van der Waals surface area (Å²) in [6.07, 6.45) is 9.44. The first-order valence-corrected chi connectivity index (χ1v) is 13.9. The summed E-state index contributed by atoms with van der Waals surface area (Å²) in [4.78, 5) is 23.7. The van der Waals surface area contributed by atoms with Gasteiger partial charge in [-0.3, -0.25) is 0 Å². The van der Waals surface area contributed by atoms with Crippen LogP contribution in [-0.4, -0.2) is 29.9 Å². The molecular formula is C32H44O6. The molecule has 0 aliphatic heterocycles. The van der Waals surface area contributed by atoms with E-state index in [1.807, 2.05) is 42.5 Å². The maximum absolute atomic E-state index is 12.3. The predicted molar refractivity (Wildman–Crippen MR) is 148 cm³/mol. The lowest BCUT2D eigenvalue weighted by Gasteiger charge is -2.32. The molecule has 38 heavy (non-hydrogen) atoms. The monoisotopic (exact) mass is 524 g/mol. The summed E-state index contributed by atoms with van der Waals surface area (Å²) >= 11 is 0. The zero-order valence-corrected chi connectivity index (χ0v) is 21.9. The van der Waals surface area contributed by atoms with Gasteiger partial charge in [-0.15, -0.1) is 0 Å². The minimum Gasteiger partial charge on any atom is -0.482 e. The Labute approximate surface area is 227 Å². The molecule has 2 aromatic rings. The van der Waals surface area contributed by atoms with Gasteiger partial charge >= 0.3 is 12.1 Å². The van der Waals surface area contributed by atoms with Crippen molar-refractivity contribution in [2.45, 2.75) is 91.3 Å². The molecule has 0 saturated heterocycles. The molecule has 2 aliphatic rings. The van der Waals surface area contributed by atoms with E-state index in [1.165, 1.54) is 37.7 Å². The van der Waals surface area contributed by atoms with E-state index in [2.05, 4.69) is 13.0 Å². The lowest BCUT2D eigenvalue weighted by Crippen LogP contribution is -2.28. The fourth-order valence-corrected chi connectivity index (χ4v) is 6.25. The number of carbonyl (C=O) groups excluding carboxylic acids is 1. The lowest BCUT2D eigenvalue weighted by molar-refractivity contribution is -0.147. The molecule has 1 N–H and O–H groups in total. The summed E-state index contributed by atoms with van der Waals surface area (Å²) in [7, 11) is 0. The molecule has 4 atom stereocenters. The number of rotatable bonds is 13. The number of benzene rings is 2. The van der Waals surface area contributed by atoms with Crippen molar-refractivity contribution in [3.63, 3.8) is 0 Å². The Morgan fingerprint density at radius 1 is 0.947 bits per heavy atom. The van der Waals surface area contributed by atoms with Crippen molar-refractivity contribution in [2.75, 3.05) is 6.61 Å². The van der Waals surface area contributed by atoms with Gasteiger partial charge in [-0.1, -0.05) is 95.3 Å². The largest absolute Gasteiger partial charge is 0.506 e. The highest BCUT2D eigenvalue weighted by atomic mass is 16.7. The second-order valence-electron chi connectivity index (χ2n) is 10.5. The Hall–Kier alpha value is -3.02. The van der Waals surface area contributed by atoms with E-state index in [4.69, 9.17) is 14.2 Å². The molecule has 6 nitrogen and oxygen atoms in total. The van der Waals surface area contributed by atoms with Gasteiger partial charge in [0.15, 0.2) is 6.61 Å². The molecule has 6 heteroatoms. The molecule has 0 amide bonds. The number of hydrogen-bond donors (Lipinski definition) is 1. The van der Waals surface area contributed by atoms with Gasteiger partial charge in [0.25, 0.3) is 0 Å². The van der Waals surface area contributed by atoms with E-state index < -0.39 is 12.1 Å². The quantitative estimate of drug-likeness (QED) is 0.214. The van der Waals surface area contributed by atoms with Gasteiger partial charge in [0, 0.05) is 0 Å². The van der Waals surface area contributed by atoms with Crippen LogP contribution >= 0.6 is 0 Å². The fraction of sp³-hybridized carbons (Fsp3) is 0.562. The highest BCUT2D eigenvalue weighted by Crippen LogP contribution is 2.49. The number of carbonyl (C=O) groups is 2. The minimum atomic E-state index is -1.17. The van der Waals surface area contributed by atoms with Crippen LogP contribution in [-0.2, 0) is 33.7 Å². The molecule has 0 spiro atoms. The van der Waals surface area contributed by atoms with Gasteiger partial charge in [-0.2, -0.15) is 0 Å². The predicted octanol–water partition coefficient (Wildman–Crippen LogP) is 7.61. The first kappa shape index (κ1) is 29.5. The van der Waals surface area contributed by atoms with Crippen molar-refractivity contribution in [1.29, 1.82) is 0 Å². The second kappa shape index (κ2) is 14.8. The molecule has 0 bridgehead atoms. The van der Waals surface area contributed by atoms with Gasteiger partial charge < -0.3 is 19.3 Å². The molecule has 2 aromatic carbocycles. The third kappa shape index (κ3) is 7.99. The van der Waals surface area contributed by atoms with E-state index in [9.17, 15) is 14.7 Å². The van der Waals surface area contributed by atoms with E-state index in [0.717, 1.165) is 49.0 Å². The number of hydrogen-bond acceptors (Lipinski definition) is 5. The molecule has 0 aromatic heterocycles. The van der Waals surface area contributed by atoms with Crippen LogP contribution in [0.25, 0.3) is 0 Å². The summed E-state index contributed by atoms with van der Waals surface area (Å²) < 4.78 is 16.7. The maximum atomic E-state index is 12.3. The average Bonchev–Trinajstić information content (AvgIpc) is 3.22. The highest BCUT2D eigenvalue weighted by molar-refractivity contribution is 5.71. The normalized spacial score (nSPS) is 21.5. The van der Waals surface area contributed by atoms with Crippen LogP contribution in [0.3, 0.4) is 0 Å². The van der Waals surface area contributed by atoms with Gasteiger partial charge in [0.2, 0.25) is 0 Å². The van der Waals surface area contributed by atoms with Crippen molar-refractivity contribution >= 4 is 12.1 Å². The van der Waals surface area contributed by atoms with Gasteiger partial charge in [-0.05, 0) is 66.2 Å². The number of fused-ring (bicyclic) bond motifs is 2. The molecule has 2 aliphatic carbocycles. The standard InChI is InChI=1S/C31H40O6.CH4/c1-2-3-4-5-6-10-15-25-26-17-23-14-11-16-28(27(23)18-24(26)19-29(25)37-31(33)34)35-21-30(32)36-20-22-12-8-7-9-13-22;/h7-9,11-14,16,24-26,29H,2-6,10,15,17-21H2,1H3,(H,33,34);1H4/t24?,25?,26?,29-;/m1./s1. The summed E-state index contributed by atoms with van der Waals surface area (Å²) in [5.74, 6) is 1.36. The number of carboxylic acid groups (broad SMARTS) is 1. The SMILES string of the molecule is C.CCCCCCCCC1C2Cc3cccc(OCC(=O)OCc4ccccc4)c3CC2C[C@H]1OC(=O)O. The topological polar surface area (TPSA) is 82.1 Å². The number of unbranched alkanes of at least 4 members (excludes halogenated alkanes) is 5. The lowest BCUT2D eigenvalue weighted by atomic mass is 9.73. The molecule has 3 unspecified atom stereocenters.